The highest BCUT2D eigenvalue weighted by molar-refractivity contribution is 7.89. The van der Waals surface area contributed by atoms with Gasteiger partial charge in [-0.3, -0.25) is 14.9 Å². The fourth-order valence-corrected chi connectivity index (χ4v) is 4.26. The molecule has 10 heteroatoms. The van der Waals surface area contributed by atoms with E-state index >= 15 is 0 Å². The van der Waals surface area contributed by atoms with Crippen molar-refractivity contribution in [3.05, 3.63) is 63.2 Å². The summed E-state index contributed by atoms with van der Waals surface area (Å²) in [6.45, 7) is 4.14. The average molecular weight is 426 g/mol. The minimum atomic E-state index is -3.58. The standard InChI is InChI=1S/C18H20ClN3O5S/c1-3-21(4-2)28(26,27)15-8-5-13(6-9-15)18(23)12-20-17-10-7-14(22(24)25)11-16(17)19/h5-11,20H,3-4,12H2,1-2H3. The molecule has 2 rings (SSSR count). The van der Waals surface area contributed by atoms with Crippen molar-refractivity contribution < 1.29 is 18.1 Å². The molecule has 2 aromatic rings. The van der Waals surface area contributed by atoms with Crippen LogP contribution < -0.4 is 5.32 Å². The van der Waals surface area contributed by atoms with Crippen LogP contribution in [0.25, 0.3) is 0 Å². The number of non-ortho nitro benzene ring substituents is 1. The first-order valence-electron chi connectivity index (χ1n) is 8.52. The van der Waals surface area contributed by atoms with Crippen molar-refractivity contribution in [3.8, 4) is 0 Å². The Kier molecular flexibility index (Phi) is 7.11. The van der Waals surface area contributed by atoms with Gasteiger partial charge < -0.3 is 5.32 Å². The Morgan fingerprint density at radius 3 is 2.25 bits per heavy atom. The van der Waals surface area contributed by atoms with Gasteiger partial charge in [0.05, 0.1) is 27.1 Å². The SMILES string of the molecule is CCN(CC)S(=O)(=O)c1ccc(C(=O)CNc2ccc([N+](=O)[O-])cc2Cl)cc1. The lowest BCUT2D eigenvalue weighted by atomic mass is 10.1. The predicted octanol–water partition coefficient (Wildman–Crippen LogP) is 3.57. The molecule has 0 aliphatic rings. The second kappa shape index (κ2) is 9.13. The summed E-state index contributed by atoms with van der Waals surface area (Å²) in [6, 6.07) is 9.62. The number of Topliss-reactive ketones (excluding diaryl/α,β-unsaturated/α-hetero) is 1. The quantitative estimate of drug-likeness (QED) is 0.373. The summed E-state index contributed by atoms with van der Waals surface area (Å²) in [5.41, 5.74) is 0.581. The van der Waals surface area contributed by atoms with Crippen molar-refractivity contribution in [2.75, 3.05) is 25.0 Å². The van der Waals surface area contributed by atoms with Crippen molar-refractivity contribution in [1.29, 1.82) is 0 Å². The van der Waals surface area contributed by atoms with Crippen LogP contribution >= 0.6 is 11.6 Å². The Morgan fingerprint density at radius 2 is 1.75 bits per heavy atom. The first kappa shape index (κ1) is 21.8. The summed E-state index contributed by atoms with van der Waals surface area (Å²) >= 11 is 5.98. The molecule has 2 aromatic carbocycles. The molecule has 0 bridgehead atoms. The van der Waals surface area contributed by atoms with Gasteiger partial charge in [0.1, 0.15) is 0 Å². The van der Waals surface area contributed by atoms with Crippen LogP contribution in [0.3, 0.4) is 0 Å². The Morgan fingerprint density at radius 1 is 1.14 bits per heavy atom. The van der Waals surface area contributed by atoms with Gasteiger partial charge >= 0.3 is 0 Å². The fourth-order valence-electron chi connectivity index (χ4n) is 2.56. The molecule has 0 saturated heterocycles. The molecule has 1 N–H and O–H groups in total. The van der Waals surface area contributed by atoms with Crippen LogP contribution in [-0.2, 0) is 10.0 Å². The average Bonchev–Trinajstić information content (AvgIpc) is 2.67. The van der Waals surface area contributed by atoms with E-state index in [1.807, 2.05) is 0 Å². The highest BCUT2D eigenvalue weighted by atomic mass is 35.5. The van der Waals surface area contributed by atoms with Crippen LogP contribution in [-0.4, -0.2) is 43.1 Å². The number of carbonyl (C=O) groups excluding carboxylic acids is 1. The molecule has 0 amide bonds. The number of carbonyl (C=O) groups is 1. The number of rotatable bonds is 9. The molecule has 150 valence electrons. The zero-order chi connectivity index (χ0) is 20.9. The molecule has 0 spiro atoms. The van der Waals surface area contributed by atoms with Crippen molar-refractivity contribution >= 4 is 38.8 Å². The van der Waals surface area contributed by atoms with E-state index in [9.17, 15) is 23.3 Å². The molecule has 0 aromatic heterocycles. The number of ketones is 1. The number of anilines is 1. The number of nitrogens with one attached hydrogen (secondary N) is 1. The molecular weight excluding hydrogens is 406 g/mol. The van der Waals surface area contributed by atoms with Crippen molar-refractivity contribution in [2.45, 2.75) is 18.7 Å². The summed E-state index contributed by atoms with van der Waals surface area (Å²) in [7, 11) is -3.58. The van der Waals surface area contributed by atoms with Crippen molar-refractivity contribution in [1.82, 2.24) is 4.31 Å². The third kappa shape index (κ3) is 4.86. The van der Waals surface area contributed by atoms with Gasteiger partial charge in [-0.1, -0.05) is 25.4 Å². The highest BCUT2D eigenvalue weighted by Crippen LogP contribution is 2.26. The maximum atomic E-state index is 12.5. The summed E-state index contributed by atoms with van der Waals surface area (Å²) in [5.74, 6) is -0.277. The molecule has 0 unspecified atom stereocenters. The number of nitro groups is 1. The summed E-state index contributed by atoms with van der Waals surface area (Å²) in [5, 5.41) is 13.7. The Balaban J connectivity index is 2.09. The first-order chi connectivity index (χ1) is 13.2. The van der Waals surface area contributed by atoms with Crippen LogP contribution in [0.2, 0.25) is 5.02 Å². The second-order valence-corrected chi connectivity index (χ2v) is 8.16. The van der Waals surface area contributed by atoms with E-state index in [-0.39, 0.29) is 27.9 Å². The first-order valence-corrected chi connectivity index (χ1v) is 10.3. The predicted molar refractivity (Wildman–Crippen MR) is 107 cm³/mol. The minimum absolute atomic E-state index is 0.0975. The monoisotopic (exact) mass is 425 g/mol. The van der Waals surface area contributed by atoms with Gasteiger partial charge in [0, 0.05) is 30.8 Å². The van der Waals surface area contributed by atoms with Crippen molar-refractivity contribution in [2.24, 2.45) is 0 Å². The lowest BCUT2D eigenvalue weighted by Gasteiger charge is -2.18. The molecule has 0 aliphatic heterocycles. The van der Waals surface area contributed by atoms with E-state index in [1.54, 1.807) is 13.8 Å². The molecule has 0 radical (unpaired) electrons. The topological polar surface area (TPSA) is 110 Å². The maximum absolute atomic E-state index is 12.5. The van der Waals surface area contributed by atoms with E-state index in [0.29, 0.717) is 24.3 Å². The molecular formula is C18H20ClN3O5S. The lowest BCUT2D eigenvalue weighted by Crippen LogP contribution is -2.30. The highest BCUT2D eigenvalue weighted by Gasteiger charge is 2.21. The largest absolute Gasteiger partial charge is 0.376 e. The maximum Gasteiger partial charge on any atom is 0.271 e. The minimum Gasteiger partial charge on any atom is -0.376 e. The molecule has 0 aliphatic carbocycles. The lowest BCUT2D eigenvalue weighted by molar-refractivity contribution is -0.384. The van der Waals surface area contributed by atoms with Crippen LogP contribution in [0, 0.1) is 10.1 Å². The number of halogens is 1. The zero-order valence-electron chi connectivity index (χ0n) is 15.4. The molecule has 0 saturated carbocycles. The van der Waals surface area contributed by atoms with Crippen LogP contribution in [0.15, 0.2) is 47.4 Å². The normalized spacial score (nSPS) is 11.4. The third-order valence-corrected chi connectivity index (χ3v) is 6.50. The van der Waals surface area contributed by atoms with Gasteiger partial charge in [0.2, 0.25) is 10.0 Å². The van der Waals surface area contributed by atoms with Crippen molar-refractivity contribution in [3.63, 3.8) is 0 Å². The molecule has 28 heavy (non-hydrogen) atoms. The van der Waals surface area contributed by atoms with E-state index in [2.05, 4.69) is 5.32 Å². The number of hydrogen-bond acceptors (Lipinski definition) is 6. The van der Waals surface area contributed by atoms with Gasteiger partial charge in [0.15, 0.2) is 5.78 Å². The Bertz CT molecular complexity index is 973. The third-order valence-electron chi connectivity index (χ3n) is 4.12. The van der Waals surface area contributed by atoms with Gasteiger partial charge in [-0.2, -0.15) is 4.31 Å². The second-order valence-electron chi connectivity index (χ2n) is 5.81. The molecule has 0 fully saturated rings. The van der Waals surface area contributed by atoms with E-state index in [4.69, 9.17) is 11.6 Å². The van der Waals surface area contributed by atoms with Crippen LogP contribution in [0.1, 0.15) is 24.2 Å². The molecule has 0 atom stereocenters. The van der Waals surface area contributed by atoms with Crippen LogP contribution in [0.5, 0.6) is 0 Å². The summed E-state index contributed by atoms with van der Waals surface area (Å²) < 4.78 is 26.3. The number of hydrogen-bond donors (Lipinski definition) is 1. The van der Waals surface area contributed by atoms with Gasteiger partial charge in [-0.05, 0) is 30.3 Å². The van der Waals surface area contributed by atoms with Crippen LogP contribution in [0.4, 0.5) is 11.4 Å². The number of nitro benzene ring substituents is 1. The zero-order valence-corrected chi connectivity index (χ0v) is 17.0. The van der Waals surface area contributed by atoms with Gasteiger partial charge in [-0.15, -0.1) is 0 Å². The summed E-state index contributed by atoms with van der Waals surface area (Å²) in [6.07, 6.45) is 0. The van der Waals surface area contributed by atoms with Gasteiger partial charge in [-0.25, -0.2) is 8.42 Å². The summed E-state index contributed by atoms with van der Waals surface area (Å²) in [4.78, 5) is 22.6. The smallest absolute Gasteiger partial charge is 0.271 e. The van der Waals surface area contributed by atoms with E-state index in [0.717, 1.165) is 0 Å². The fraction of sp³-hybridized carbons (Fsp3) is 0.278. The number of nitrogens with zero attached hydrogens (tertiary/aromatic N) is 2. The van der Waals surface area contributed by atoms with E-state index in [1.165, 1.54) is 46.8 Å². The molecule has 8 nitrogen and oxygen atoms in total. The molecule has 0 heterocycles. The number of sulfonamides is 1. The Labute approximate surface area is 168 Å². The number of benzene rings is 2. The van der Waals surface area contributed by atoms with E-state index < -0.39 is 14.9 Å². The Hall–Kier alpha value is -2.49. The van der Waals surface area contributed by atoms with Gasteiger partial charge in [0.25, 0.3) is 5.69 Å².